The van der Waals surface area contributed by atoms with E-state index in [2.05, 4.69) is 0 Å². The van der Waals surface area contributed by atoms with Gasteiger partial charge in [-0.05, 0) is 30.9 Å². The summed E-state index contributed by atoms with van der Waals surface area (Å²) in [5.41, 5.74) is 6.25. The molecule has 3 atom stereocenters. The quantitative estimate of drug-likeness (QED) is 0.869. The molecule has 2 saturated heterocycles. The van der Waals surface area contributed by atoms with Crippen molar-refractivity contribution in [3.05, 3.63) is 30.1 Å². The maximum absolute atomic E-state index is 13.6. The van der Waals surface area contributed by atoms with E-state index in [9.17, 15) is 4.39 Å². The summed E-state index contributed by atoms with van der Waals surface area (Å²) >= 11 is 1.51. The summed E-state index contributed by atoms with van der Waals surface area (Å²) in [6.45, 7) is 2.23. The van der Waals surface area contributed by atoms with E-state index < -0.39 is 0 Å². The number of nitrogens with two attached hydrogens (primary N) is 1. The maximum Gasteiger partial charge on any atom is 0.136 e. The molecule has 0 radical (unpaired) electrons. The van der Waals surface area contributed by atoms with Crippen LogP contribution in [-0.4, -0.2) is 37.2 Å². The van der Waals surface area contributed by atoms with Gasteiger partial charge < -0.3 is 15.2 Å². The second kappa shape index (κ2) is 6.65. The molecule has 0 amide bonds. The molecule has 0 aliphatic carbocycles. The smallest absolute Gasteiger partial charge is 0.136 e. The summed E-state index contributed by atoms with van der Waals surface area (Å²) in [6, 6.07) is 6.93. The molecular formula is C16H22FNO2S. The molecule has 0 aromatic heterocycles. The third-order valence-corrected chi connectivity index (χ3v) is 5.67. The normalized spacial score (nSPS) is 30.7. The second-order valence-electron chi connectivity index (χ2n) is 5.99. The van der Waals surface area contributed by atoms with Crippen LogP contribution in [0.15, 0.2) is 29.2 Å². The lowest BCUT2D eigenvalue weighted by Crippen LogP contribution is -2.46. The van der Waals surface area contributed by atoms with Crippen molar-refractivity contribution >= 4 is 11.8 Å². The van der Waals surface area contributed by atoms with Crippen molar-refractivity contribution in [2.75, 3.05) is 25.6 Å². The minimum Gasteiger partial charge on any atom is -0.378 e. The SMILES string of the molecule is NC(CSc1ccccc1F)C1CCOC2(CCOC2)C1. The Bertz CT molecular complexity index is 479. The molecule has 3 rings (SSSR count). The molecule has 2 N–H and O–H groups in total. The summed E-state index contributed by atoms with van der Waals surface area (Å²) < 4.78 is 25.1. The van der Waals surface area contributed by atoms with Crippen molar-refractivity contribution in [2.45, 2.75) is 35.8 Å². The molecule has 5 heteroatoms. The zero-order valence-electron chi connectivity index (χ0n) is 12.1. The molecule has 1 aromatic carbocycles. The summed E-state index contributed by atoms with van der Waals surface area (Å²) in [6.07, 6.45) is 2.92. The molecule has 21 heavy (non-hydrogen) atoms. The highest BCUT2D eigenvalue weighted by molar-refractivity contribution is 7.99. The Kier molecular flexibility index (Phi) is 4.84. The average Bonchev–Trinajstić information content (AvgIpc) is 2.94. The Morgan fingerprint density at radius 1 is 1.38 bits per heavy atom. The van der Waals surface area contributed by atoms with Gasteiger partial charge in [0.05, 0.1) is 12.2 Å². The van der Waals surface area contributed by atoms with Gasteiger partial charge in [-0.1, -0.05) is 12.1 Å². The van der Waals surface area contributed by atoms with Crippen molar-refractivity contribution < 1.29 is 13.9 Å². The molecule has 0 bridgehead atoms. The monoisotopic (exact) mass is 311 g/mol. The van der Waals surface area contributed by atoms with E-state index in [0.717, 1.165) is 38.2 Å². The fraction of sp³-hybridized carbons (Fsp3) is 0.625. The Morgan fingerprint density at radius 2 is 2.24 bits per heavy atom. The first-order valence-corrected chi connectivity index (χ1v) is 8.52. The first-order valence-electron chi connectivity index (χ1n) is 7.53. The largest absolute Gasteiger partial charge is 0.378 e. The second-order valence-corrected chi connectivity index (χ2v) is 7.05. The van der Waals surface area contributed by atoms with Gasteiger partial charge in [-0.25, -0.2) is 4.39 Å². The van der Waals surface area contributed by atoms with Crippen LogP contribution >= 0.6 is 11.8 Å². The van der Waals surface area contributed by atoms with Gasteiger partial charge in [-0.15, -0.1) is 11.8 Å². The van der Waals surface area contributed by atoms with Gasteiger partial charge in [-0.3, -0.25) is 0 Å². The highest BCUT2D eigenvalue weighted by Gasteiger charge is 2.42. The number of hydrogen-bond donors (Lipinski definition) is 1. The number of thioether (sulfide) groups is 1. The van der Waals surface area contributed by atoms with Crippen LogP contribution in [0, 0.1) is 11.7 Å². The van der Waals surface area contributed by atoms with Gasteiger partial charge in [-0.2, -0.15) is 0 Å². The van der Waals surface area contributed by atoms with Gasteiger partial charge in [0.2, 0.25) is 0 Å². The summed E-state index contributed by atoms with van der Waals surface area (Å²) in [5.74, 6) is 1.00. The minimum absolute atomic E-state index is 0.0657. The van der Waals surface area contributed by atoms with Gasteiger partial charge in [0.15, 0.2) is 0 Å². The summed E-state index contributed by atoms with van der Waals surface area (Å²) in [7, 11) is 0. The highest BCUT2D eigenvalue weighted by Crippen LogP contribution is 2.37. The van der Waals surface area contributed by atoms with Crippen molar-refractivity contribution in [1.82, 2.24) is 0 Å². The van der Waals surface area contributed by atoms with Gasteiger partial charge in [0, 0.05) is 36.3 Å². The van der Waals surface area contributed by atoms with Crippen LogP contribution < -0.4 is 5.73 Å². The van der Waals surface area contributed by atoms with E-state index in [1.807, 2.05) is 12.1 Å². The lowest BCUT2D eigenvalue weighted by Gasteiger charge is -2.39. The Hall–Kier alpha value is -0.620. The van der Waals surface area contributed by atoms with Crippen LogP contribution in [0.25, 0.3) is 0 Å². The summed E-state index contributed by atoms with van der Waals surface area (Å²) in [5, 5.41) is 0. The van der Waals surface area contributed by atoms with E-state index in [0.29, 0.717) is 17.4 Å². The Labute approximate surface area is 129 Å². The van der Waals surface area contributed by atoms with Crippen LogP contribution in [0.3, 0.4) is 0 Å². The Balaban J connectivity index is 1.55. The third kappa shape index (κ3) is 3.59. The number of ether oxygens (including phenoxy) is 2. The molecule has 116 valence electrons. The molecule has 2 aliphatic heterocycles. The number of halogens is 1. The molecule has 2 aliphatic rings. The maximum atomic E-state index is 13.6. The molecule has 2 fully saturated rings. The number of benzene rings is 1. The van der Waals surface area contributed by atoms with Crippen LogP contribution in [0.5, 0.6) is 0 Å². The van der Waals surface area contributed by atoms with Gasteiger partial charge in [0.25, 0.3) is 0 Å². The van der Waals surface area contributed by atoms with Gasteiger partial charge >= 0.3 is 0 Å². The molecule has 3 unspecified atom stereocenters. The standard InChI is InChI=1S/C16H22FNO2S/c17-13-3-1-2-4-15(13)21-10-14(18)12-5-7-20-16(9-12)6-8-19-11-16/h1-4,12,14H,5-11,18H2. The molecule has 2 heterocycles. The average molecular weight is 311 g/mol. The molecule has 1 aromatic rings. The number of hydrogen-bond acceptors (Lipinski definition) is 4. The van der Waals surface area contributed by atoms with Crippen LogP contribution in [0.1, 0.15) is 19.3 Å². The van der Waals surface area contributed by atoms with E-state index in [-0.39, 0.29) is 17.5 Å². The van der Waals surface area contributed by atoms with Crippen LogP contribution in [0.4, 0.5) is 4.39 Å². The van der Waals surface area contributed by atoms with E-state index in [1.54, 1.807) is 6.07 Å². The summed E-state index contributed by atoms with van der Waals surface area (Å²) in [4.78, 5) is 0.680. The minimum atomic E-state index is -0.164. The fourth-order valence-corrected chi connectivity index (χ4v) is 4.20. The van der Waals surface area contributed by atoms with Crippen molar-refractivity contribution in [1.29, 1.82) is 0 Å². The number of rotatable bonds is 4. The van der Waals surface area contributed by atoms with E-state index >= 15 is 0 Å². The molecule has 3 nitrogen and oxygen atoms in total. The molecule has 0 saturated carbocycles. The first kappa shape index (κ1) is 15.3. The van der Waals surface area contributed by atoms with Crippen LogP contribution in [0.2, 0.25) is 0 Å². The lowest BCUT2D eigenvalue weighted by molar-refractivity contribution is -0.100. The third-order valence-electron chi connectivity index (χ3n) is 4.47. The molecule has 1 spiro atoms. The Morgan fingerprint density at radius 3 is 3.00 bits per heavy atom. The highest BCUT2D eigenvalue weighted by atomic mass is 32.2. The van der Waals surface area contributed by atoms with Crippen molar-refractivity contribution in [3.63, 3.8) is 0 Å². The van der Waals surface area contributed by atoms with Crippen LogP contribution in [-0.2, 0) is 9.47 Å². The molecular weight excluding hydrogens is 289 g/mol. The van der Waals surface area contributed by atoms with Crippen molar-refractivity contribution in [3.8, 4) is 0 Å². The topological polar surface area (TPSA) is 44.5 Å². The lowest BCUT2D eigenvalue weighted by atomic mass is 9.82. The predicted octanol–water partition coefficient (Wildman–Crippen LogP) is 2.83. The van der Waals surface area contributed by atoms with Gasteiger partial charge in [0.1, 0.15) is 5.82 Å². The zero-order valence-corrected chi connectivity index (χ0v) is 12.9. The zero-order chi connectivity index (χ0) is 14.7. The first-order chi connectivity index (χ1) is 10.2. The van der Waals surface area contributed by atoms with Crippen molar-refractivity contribution in [2.24, 2.45) is 11.7 Å². The van der Waals surface area contributed by atoms with E-state index in [1.165, 1.54) is 17.8 Å². The fourth-order valence-electron chi connectivity index (χ4n) is 3.18. The van der Waals surface area contributed by atoms with E-state index in [4.69, 9.17) is 15.2 Å². The predicted molar refractivity (Wildman–Crippen MR) is 81.9 cm³/mol.